The van der Waals surface area contributed by atoms with Gasteiger partial charge < -0.3 is 5.32 Å². The van der Waals surface area contributed by atoms with Gasteiger partial charge in [0, 0.05) is 19.8 Å². The van der Waals surface area contributed by atoms with Gasteiger partial charge in [-0.15, -0.1) is 0 Å². The van der Waals surface area contributed by atoms with Gasteiger partial charge in [-0.25, -0.2) is 18.4 Å². The predicted octanol–water partition coefficient (Wildman–Crippen LogP) is -0.401. The van der Waals surface area contributed by atoms with Gasteiger partial charge in [0.15, 0.2) is 5.82 Å². The van der Waals surface area contributed by atoms with Gasteiger partial charge >= 0.3 is 6.03 Å². The molecule has 0 saturated carbocycles. The fourth-order valence-electron chi connectivity index (χ4n) is 1.15. The van der Waals surface area contributed by atoms with Crippen molar-refractivity contribution in [3.8, 4) is 0 Å². The van der Waals surface area contributed by atoms with Gasteiger partial charge in [0.05, 0.1) is 0 Å². The number of carbonyl (C=O) groups excluding carboxylic acids is 1. The number of anilines is 1. The van der Waals surface area contributed by atoms with Crippen molar-refractivity contribution in [2.24, 2.45) is 12.2 Å². The van der Waals surface area contributed by atoms with E-state index in [0.717, 1.165) is 6.42 Å². The summed E-state index contributed by atoms with van der Waals surface area (Å²) in [5.74, 6) is -0.0800. The van der Waals surface area contributed by atoms with Crippen LogP contribution in [-0.2, 0) is 17.1 Å². The van der Waals surface area contributed by atoms with Crippen molar-refractivity contribution in [3.63, 3.8) is 0 Å². The number of primary sulfonamides is 1. The van der Waals surface area contributed by atoms with Gasteiger partial charge in [0.1, 0.15) is 4.90 Å². The monoisotopic (exact) mass is 261 g/mol. The molecule has 9 heteroatoms. The van der Waals surface area contributed by atoms with E-state index in [0.29, 0.717) is 6.54 Å². The molecule has 1 heterocycles. The Labute approximate surface area is 99.2 Å². The first-order chi connectivity index (χ1) is 7.84. The maximum atomic E-state index is 11.4. The van der Waals surface area contributed by atoms with Crippen molar-refractivity contribution in [1.82, 2.24) is 15.1 Å². The van der Waals surface area contributed by atoms with E-state index in [1.54, 1.807) is 0 Å². The first-order valence-electron chi connectivity index (χ1n) is 4.96. The summed E-state index contributed by atoms with van der Waals surface area (Å²) in [7, 11) is -2.37. The van der Waals surface area contributed by atoms with Gasteiger partial charge in [-0.1, -0.05) is 6.92 Å². The maximum absolute atomic E-state index is 11.4. The Balaban J connectivity index is 2.88. The lowest BCUT2D eigenvalue weighted by atomic mass is 10.5. The second-order valence-corrected chi connectivity index (χ2v) is 4.97. The fourth-order valence-corrected chi connectivity index (χ4v) is 1.81. The van der Waals surface area contributed by atoms with Gasteiger partial charge in [-0.05, 0) is 6.42 Å². The summed E-state index contributed by atoms with van der Waals surface area (Å²) >= 11 is 0. The molecule has 0 aliphatic carbocycles. The summed E-state index contributed by atoms with van der Waals surface area (Å²) in [6.45, 7) is 2.39. The summed E-state index contributed by atoms with van der Waals surface area (Å²) in [6, 6.07) is -0.518. The molecule has 0 bridgehead atoms. The average Bonchev–Trinajstić information content (AvgIpc) is 2.56. The Hall–Kier alpha value is -1.61. The molecule has 0 aliphatic rings. The highest BCUT2D eigenvalue weighted by molar-refractivity contribution is 7.89. The quantitative estimate of drug-likeness (QED) is 0.683. The number of amides is 2. The summed E-state index contributed by atoms with van der Waals surface area (Å²) in [5, 5.41) is 13.7. The standard InChI is InChI=1S/C8H15N5O3S/c1-3-4-10-8(14)11-7-6(17(9,15)16)5-13(2)12-7/h5H,3-4H2,1-2H3,(H2,9,15,16)(H2,10,11,12,14). The number of rotatable bonds is 4. The molecular weight excluding hydrogens is 246 g/mol. The molecule has 0 fully saturated rings. The molecule has 0 aliphatic heterocycles. The lowest BCUT2D eigenvalue weighted by Gasteiger charge is -2.04. The average molecular weight is 261 g/mol. The number of nitrogens with zero attached hydrogens (tertiary/aromatic N) is 2. The van der Waals surface area contributed by atoms with Crippen molar-refractivity contribution in [2.75, 3.05) is 11.9 Å². The molecule has 17 heavy (non-hydrogen) atoms. The Kier molecular flexibility index (Phi) is 4.07. The summed E-state index contributed by atoms with van der Waals surface area (Å²) in [5.41, 5.74) is 0. The normalized spacial score (nSPS) is 11.2. The molecule has 1 rings (SSSR count). The summed E-state index contributed by atoms with van der Waals surface area (Å²) in [6.07, 6.45) is 2.00. The highest BCUT2D eigenvalue weighted by atomic mass is 32.2. The number of sulfonamides is 1. The second-order valence-electron chi connectivity index (χ2n) is 3.44. The van der Waals surface area contributed by atoms with E-state index in [2.05, 4.69) is 15.7 Å². The van der Waals surface area contributed by atoms with Crippen LogP contribution in [-0.4, -0.2) is 30.8 Å². The number of aromatic nitrogens is 2. The van der Waals surface area contributed by atoms with Crippen LogP contribution in [0.2, 0.25) is 0 Å². The molecule has 1 aromatic heterocycles. The number of urea groups is 1. The Morgan fingerprint density at radius 3 is 2.76 bits per heavy atom. The van der Waals surface area contributed by atoms with Crippen LogP contribution in [0.4, 0.5) is 10.6 Å². The van der Waals surface area contributed by atoms with Crippen LogP contribution in [0.3, 0.4) is 0 Å². The van der Waals surface area contributed by atoms with Crippen LogP contribution < -0.4 is 15.8 Å². The smallest absolute Gasteiger partial charge is 0.320 e. The van der Waals surface area contributed by atoms with E-state index in [9.17, 15) is 13.2 Å². The van der Waals surface area contributed by atoms with Gasteiger partial charge in [0.2, 0.25) is 10.0 Å². The molecule has 0 radical (unpaired) electrons. The molecule has 0 unspecified atom stereocenters. The van der Waals surface area contributed by atoms with E-state index in [1.807, 2.05) is 6.92 Å². The third-order valence-corrected chi connectivity index (χ3v) is 2.78. The molecule has 0 atom stereocenters. The fraction of sp³-hybridized carbons (Fsp3) is 0.500. The summed E-state index contributed by atoms with van der Waals surface area (Å²) in [4.78, 5) is 11.1. The molecule has 0 saturated heterocycles. The molecule has 2 amide bonds. The first-order valence-corrected chi connectivity index (χ1v) is 6.50. The number of nitrogens with one attached hydrogen (secondary N) is 2. The van der Waals surface area contributed by atoms with E-state index in [4.69, 9.17) is 5.14 Å². The van der Waals surface area contributed by atoms with Crippen LogP contribution >= 0.6 is 0 Å². The lowest BCUT2D eigenvalue weighted by molar-refractivity contribution is 0.252. The third kappa shape index (κ3) is 3.71. The zero-order valence-electron chi connectivity index (χ0n) is 9.60. The van der Waals surface area contributed by atoms with Gasteiger partial charge in [-0.2, -0.15) is 5.10 Å². The molecule has 96 valence electrons. The van der Waals surface area contributed by atoms with E-state index >= 15 is 0 Å². The van der Waals surface area contributed by atoms with Crippen molar-refractivity contribution in [1.29, 1.82) is 0 Å². The maximum Gasteiger partial charge on any atom is 0.320 e. The number of aryl methyl sites for hydroxylation is 1. The number of hydrogen-bond donors (Lipinski definition) is 3. The Morgan fingerprint density at radius 1 is 1.59 bits per heavy atom. The topological polar surface area (TPSA) is 119 Å². The van der Waals surface area contributed by atoms with Crippen LogP contribution in [0.15, 0.2) is 11.1 Å². The zero-order chi connectivity index (χ0) is 13.1. The van der Waals surface area contributed by atoms with E-state index in [-0.39, 0.29) is 10.7 Å². The number of nitrogens with two attached hydrogens (primary N) is 1. The molecule has 0 spiro atoms. The minimum atomic E-state index is -3.90. The van der Waals surface area contributed by atoms with Crippen molar-refractivity contribution in [2.45, 2.75) is 18.2 Å². The molecule has 0 aromatic carbocycles. The van der Waals surface area contributed by atoms with Gasteiger partial charge in [0.25, 0.3) is 0 Å². The molecule has 4 N–H and O–H groups in total. The van der Waals surface area contributed by atoms with E-state index < -0.39 is 16.1 Å². The lowest BCUT2D eigenvalue weighted by Crippen LogP contribution is -2.30. The second kappa shape index (κ2) is 5.15. The Bertz CT molecular complexity index is 507. The first kappa shape index (κ1) is 13.5. The third-order valence-electron chi connectivity index (χ3n) is 1.87. The Morgan fingerprint density at radius 2 is 2.24 bits per heavy atom. The van der Waals surface area contributed by atoms with Crippen molar-refractivity contribution < 1.29 is 13.2 Å². The highest BCUT2D eigenvalue weighted by Gasteiger charge is 2.19. The van der Waals surface area contributed by atoms with Crippen LogP contribution in [0, 0.1) is 0 Å². The predicted molar refractivity (Wildman–Crippen MR) is 61.9 cm³/mol. The minimum Gasteiger partial charge on any atom is -0.338 e. The van der Waals surface area contributed by atoms with Crippen LogP contribution in [0.1, 0.15) is 13.3 Å². The zero-order valence-corrected chi connectivity index (χ0v) is 10.4. The van der Waals surface area contributed by atoms with Crippen LogP contribution in [0.25, 0.3) is 0 Å². The highest BCUT2D eigenvalue weighted by Crippen LogP contribution is 2.16. The van der Waals surface area contributed by atoms with Crippen LogP contribution in [0.5, 0.6) is 0 Å². The van der Waals surface area contributed by atoms with Gasteiger partial charge in [-0.3, -0.25) is 10.00 Å². The largest absolute Gasteiger partial charge is 0.338 e. The minimum absolute atomic E-state index is 0.0800. The SMILES string of the molecule is CCCNC(=O)Nc1nn(C)cc1S(N)(=O)=O. The molecule has 8 nitrogen and oxygen atoms in total. The number of hydrogen-bond acceptors (Lipinski definition) is 4. The van der Waals surface area contributed by atoms with Crippen molar-refractivity contribution >= 4 is 21.9 Å². The summed E-state index contributed by atoms with van der Waals surface area (Å²) < 4.78 is 23.7. The van der Waals surface area contributed by atoms with Crippen molar-refractivity contribution in [3.05, 3.63) is 6.20 Å². The number of carbonyl (C=O) groups is 1. The molecule has 1 aromatic rings. The molecular formula is C8H15N5O3S. The van der Waals surface area contributed by atoms with E-state index in [1.165, 1.54) is 17.9 Å².